The Morgan fingerprint density at radius 1 is 1.24 bits per heavy atom. The topological polar surface area (TPSA) is 15.3 Å². The van der Waals surface area contributed by atoms with Gasteiger partial charge in [0.05, 0.1) is 0 Å². The van der Waals surface area contributed by atoms with E-state index < -0.39 is 0 Å². The van der Waals surface area contributed by atoms with Crippen molar-refractivity contribution >= 4 is 21.6 Å². The van der Waals surface area contributed by atoms with E-state index in [-0.39, 0.29) is 0 Å². The summed E-state index contributed by atoms with van der Waals surface area (Å²) in [6.45, 7) is 0. The third kappa shape index (κ3) is 2.11. The fraction of sp³-hybridized carbons (Fsp3) is 0.571. The van der Waals surface area contributed by atoms with Crippen LogP contribution in [0.4, 0.5) is 5.69 Å². The van der Waals surface area contributed by atoms with Crippen molar-refractivity contribution in [3.8, 4) is 0 Å². The predicted molar refractivity (Wildman–Crippen MR) is 75.5 cm³/mol. The summed E-state index contributed by atoms with van der Waals surface area (Å²) in [5.74, 6) is 0. The summed E-state index contributed by atoms with van der Waals surface area (Å²) >= 11 is 3.58. The van der Waals surface area contributed by atoms with Gasteiger partial charge in [0.2, 0.25) is 0 Å². The maximum Gasteiger partial charge on any atom is 0.0382 e. The zero-order chi connectivity index (χ0) is 11.8. The van der Waals surface area contributed by atoms with Crippen molar-refractivity contribution in [1.29, 1.82) is 0 Å². The van der Waals surface area contributed by atoms with Gasteiger partial charge in [0.1, 0.15) is 0 Å². The van der Waals surface area contributed by atoms with Crippen LogP contribution < -0.4 is 10.2 Å². The normalized spacial score (nSPS) is 31.9. The van der Waals surface area contributed by atoms with Gasteiger partial charge in [-0.2, -0.15) is 0 Å². The zero-order valence-corrected chi connectivity index (χ0v) is 11.8. The first kappa shape index (κ1) is 11.5. The highest BCUT2D eigenvalue weighted by Crippen LogP contribution is 2.39. The molecule has 2 aliphatic rings. The Balaban J connectivity index is 1.86. The average molecular weight is 295 g/mol. The van der Waals surface area contributed by atoms with Gasteiger partial charge < -0.3 is 10.2 Å². The molecule has 0 aromatic heterocycles. The number of piperidine rings is 1. The van der Waals surface area contributed by atoms with Gasteiger partial charge in [0.15, 0.2) is 0 Å². The highest BCUT2D eigenvalue weighted by atomic mass is 79.9. The lowest BCUT2D eigenvalue weighted by atomic mass is 9.97. The Labute approximate surface area is 112 Å². The molecule has 2 nitrogen and oxygen atoms in total. The second-order valence-corrected chi connectivity index (χ2v) is 6.14. The standard InChI is InChI=1S/C14H19BrN2/c1-16-11-8-13-5-6-14(9-11)17(13)12-4-2-3-10(15)7-12/h2-4,7,11,13-14,16H,5-6,8-9H2,1H3. The van der Waals surface area contributed by atoms with Crippen LogP contribution in [0.1, 0.15) is 25.7 Å². The minimum Gasteiger partial charge on any atom is -0.365 e. The number of rotatable bonds is 2. The number of benzene rings is 1. The monoisotopic (exact) mass is 294 g/mol. The van der Waals surface area contributed by atoms with Crippen molar-refractivity contribution in [1.82, 2.24) is 5.32 Å². The van der Waals surface area contributed by atoms with Crippen LogP contribution in [0.5, 0.6) is 0 Å². The molecule has 2 bridgehead atoms. The van der Waals surface area contributed by atoms with E-state index in [9.17, 15) is 0 Å². The summed E-state index contributed by atoms with van der Waals surface area (Å²) in [6, 6.07) is 10.9. The molecule has 17 heavy (non-hydrogen) atoms. The minimum absolute atomic E-state index is 0.718. The SMILES string of the molecule is CNC1CC2CCC(C1)N2c1cccc(Br)c1. The largest absolute Gasteiger partial charge is 0.365 e. The van der Waals surface area contributed by atoms with Crippen LogP contribution in [0, 0.1) is 0 Å². The molecule has 0 amide bonds. The van der Waals surface area contributed by atoms with E-state index in [2.05, 4.69) is 57.5 Å². The molecule has 2 saturated heterocycles. The summed E-state index contributed by atoms with van der Waals surface area (Å²) in [7, 11) is 2.10. The summed E-state index contributed by atoms with van der Waals surface area (Å²) in [6.07, 6.45) is 5.30. The molecule has 1 N–H and O–H groups in total. The van der Waals surface area contributed by atoms with Gasteiger partial charge in [-0.15, -0.1) is 0 Å². The fourth-order valence-corrected chi connectivity index (χ4v) is 3.86. The van der Waals surface area contributed by atoms with Gasteiger partial charge in [-0.1, -0.05) is 22.0 Å². The summed E-state index contributed by atoms with van der Waals surface area (Å²) in [4.78, 5) is 2.65. The molecule has 0 aliphatic carbocycles. The molecule has 0 radical (unpaired) electrons. The quantitative estimate of drug-likeness (QED) is 0.901. The summed E-state index contributed by atoms with van der Waals surface area (Å²) in [5, 5.41) is 3.45. The van der Waals surface area contributed by atoms with Gasteiger partial charge in [-0.25, -0.2) is 0 Å². The molecule has 2 atom stereocenters. The number of nitrogens with zero attached hydrogens (tertiary/aromatic N) is 1. The molecule has 1 aromatic carbocycles. The van der Waals surface area contributed by atoms with E-state index in [4.69, 9.17) is 0 Å². The Kier molecular flexibility index (Phi) is 3.14. The first-order chi connectivity index (χ1) is 8.28. The van der Waals surface area contributed by atoms with E-state index in [1.165, 1.54) is 35.8 Å². The Morgan fingerprint density at radius 3 is 2.53 bits per heavy atom. The number of hydrogen-bond acceptors (Lipinski definition) is 2. The molecule has 92 valence electrons. The lowest BCUT2D eigenvalue weighted by Gasteiger charge is -2.40. The average Bonchev–Trinajstić information content (AvgIpc) is 2.60. The molecule has 2 aliphatic heterocycles. The van der Waals surface area contributed by atoms with Crippen molar-refractivity contribution in [2.45, 2.75) is 43.8 Å². The van der Waals surface area contributed by atoms with Crippen LogP contribution in [0.15, 0.2) is 28.7 Å². The molecule has 2 unspecified atom stereocenters. The molecule has 3 rings (SSSR count). The van der Waals surface area contributed by atoms with Gasteiger partial charge >= 0.3 is 0 Å². The van der Waals surface area contributed by atoms with Crippen LogP contribution in [0.25, 0.3) is 0 Å². The molecule has 2 fully saturated rings. The van der Waals surface area contributed by atoms with Crippen LogP contribution in [-0.2, 0) is 0 Å². The van der Waals surface area contributed by atoms with Crippen LogP contribution in [0.2, 0.25) is 0 Å². The van der Waals surface area contributed by atoms with Gasteiger partial charge in [-0.05, 0) is 50.9 Å². The number of halogens is 1. The first-order valence-corrected chi connectivity index (χ1v) is 7.28. The molecule has 0 saturated carbocycles. The minimum atomic E-state index is 0.718. The maximum atomic E-state index is 3.58. The van der Waals surface area contributed by atoms with Crippen molar-refractivity contribution in [2.75, 3.05) is 11.9 Å². The third-order valence-electron chi connectivity index (χ3n) is 4.25. The van der Waals surface area contributed by atoms with Gasteiger partial charge in [0, 0.05) is 28.3 Å². The van der Waals surface area contributed by atoms with E-state index in [1.807, 2.05) is 0 Å². The van der Waals surface area contributed by atoms with Crippen LogP contribution in [0.3, 0.4) is 0 Å². The smallest absolute Gasteiger partial charge is 0.0382 e. The highest BCUT2D eigenvalue weighted by Gasteiger charge is 2.40. The van der Waals surface area contributed by atoms with Crippen LogP contribution >= 0.6 is 15.9 Å². The van der Waals surface area contributed by atoms with Crippen molar-refractivity contribution in [2.24, 2.45) is 0 Å². The van der Waals surface area contributed by atoms with Gasteiger partial charge in [0.25, 0.3) is 0 Å². The van der Waals surface area contributed by atoms with E-state index in [1.54, 1.807) is 0 Å². The number of anilines is 1. The Hall–Kier alpha value is -0.540. The molecule has 3 heteroatoms. The molecule has 0 spiro atoms. The van der Waals surface area contributed by atoms with E-state index >= 15 is 0 Å². The number of fused-ring (bicyclic) bond motifs is 2. The van der Waals surface area contributed by atoms with Crippen molar-refractivity contribution in [3.05, 3.63) is 28.7 Å². The Morgan fingerprint density at radius 2 is 1.94 bits per heavy atom. The van der Waals surface area contributed by atoms with Gasteiger partial charge in [-0.3, -0.25) is 0 Å². The summed E-state index contributed by atoms with van der Waals surface area (Å²) < 4.78 is 1.19. The van der Waals surface area contributed by atoms with E-state index in [0.717, 1.165) is 18.1 Å². The second-order valence-electron chi connectivity index (χ2n) is 5.23. The Bertz CT molecular complexity index is 393. The summed E-state index contributed by atoms with van der Waals surface area (Å²) in [5.41, 5.74) is 1.39. The highest BCUT2D eigenvalue weighted by molar-refractivity contribution is 9.10. The number of hydrogen-bond donors (Lipinski definition) is 1. The molecule has 1 aromatic rings. The van der Waals surface area contributed by atoms with Crippen molar-refractivity contribution in [3.63, 3.8) is 0 Å². The first-order valence-electron chi connectivity index (χ1n) is 6.49. The molecular formula is C14H19BrN2. The zero-order valence-electron chi connectivity index (χ0n) is 10.2. The van der Waals surface area contributed by atoms with Crippen LogP contribution in [-0.4, -0.2) is 25.2 Å². The van der Waals surface area contributed by atoms with E-state index in [0.29, 0.717) is 0 Å². The third-order valence-corrected chi connectivity index (χ3v) is 4.74. The number of nitrogens with one attached hydrogen (secondary N) is 1. The van der Waals surface area contributed by atoms with Crippen molar-refractivity contribution < 1.29 is 0 Å². The lowest BCUT2D eigenvalue weighted by Crippen LogP contribution is -2.48. The maximum absolute atomic E-state index is 3.58. The predicted octanol–water partition coefficient (Wildman–Crippen LogP) is 3.17. The fourth-order valence-electron chi connectivity index (χ4n) is 3.47. The molecular weight excluding hydrogens is 276 g/mol. The second kappa shape index (κ2) is 4.62. The lowest BCUT2D eigenvalue weighted by molar-refractivity contribution is 0.374. The molecule has 2 heterocycles.